The topological polar surface area (TPSA) is 76.4 Å². The lowest BCUT2D eigenvalue weighted by atomic mass is 10.0. The fraction of sp³-hybridized carbons (Fsp3) is 0.533. The van der Waals surface area contributed by atoms with Crippen LogP contribution in [0.5, 0.6) is 0 Å². The molecule has 0 aliphatic carbocycles. The van der Waals surface area contributed by atoms with Crippen LogP contribution in [0.4, 0.5) is 10.5 Å². The predicted octanol–water partition coefficient (Wildman–Crippen LogP) is 2.25. The van der Waals surface area contributed by atoms with Crippen molar-refractivity contribution in [2.45, 2.75) is 25.8 Å². The number of nitrogens with one attached hydrogen (secondary N) is 2. The molecular formula is C15H23N3O2. The molecule has 1 atom stereocenters. The SMILES string of the molecule is CC(N)c1cccc(NC(=O)NCC2CCOCC2)c1. The van der Waals surface area contributed by atoms with Crippen LogP contribution in [0.25, 0.3) is 0 Å². The number of benzene rings is 1. The summed E-state index contributed by atoms with van der Waals surface area (Å²) in [6.45, 7) is 4.21. The number of hydrogen-bond acceptors (Lipinski definition) is 3. The molecular weight excluding hydrogens is 254 g/mol. The van der Waals surface area contributed by atoms with Gasteiger partial charge in [0, 0.05) is 31.5 Å². The Balaban J connectivity index is 1.80. The summed E-state index contributed by atoms with van der Waals surface area (Å²) >= 11 is 0. The Morgan fingerprint density at radius 2 is 2.20 bits per heavy atom. The third kappa shape index (κ3) is 4.51. The summed E-state index contributed by atoms with van der Waals surface area (Å²) in [6, 6.07) is 7.40. The quantitative estimate of drug-likeness (QED) is 0.790. The number of urea groups is 1. The minimum atomic E-state index is -0.168. The van der Waals surface area contributed by atoms with Gasteiger partial charge in [-0.1, -0.05) is 12.1 Å². The average Bonchev–Trinajstić information content (AvgIpc) is 2.46. The second-order valence-electron chi connectivity index (χ2n) is 5.30. The lowest BCUT2D eigenvalue weighted by molar-refractivity contribution is 0.0671. The number of carbonyl (C=O) groups is 1. The standard InChI is InChI=1S/C15H23N3O2/c1-11(16)13-3-2-4-14(9-13)18-15(19)17-10-12-5-7-20-8-6-12/h2-4,9,11-12H,5-8,10,16H2,1H3,(H2,17,18,19). The predicted molar refractivity (Wildman–Crippen MR) is 79.6 cm³/mol. The van der Waals surface area contributed by atoms with Crippen LogP contribution >= 0.6 is 0 Å². The molecule has 1 aliphatic heterocycles. The summed E-state index contributed by atoms with van der Waals surface area (Å²) in [7, 11) is 0. The average molecular weight is 277 g/mol. The molecule has 1 unspecified atom stereocenters. The molecule has 2 amide bonds. The molecule has 2 rings (SSSR count). The summed E-state index contributed by atoms with van der Waals surface area (Å²) in [6.07, 6.45) is 2.03. The fourth-order valence-electron chi connectivity index (χ4n) is 2.26. The lowest BCUT2D eigenvalue weighted by Crippen LogP contribution is -2.35. The molecule has 20 heavy (non-hydrogen) atoms. The van der Waals surface area contributed by atoms with E-state index in [9.17, 15) is 4.79 Å². The van der Waals surface area contributed by atoms with E-state index in [1.807, 2.05) is 31.2 Å². The van der Waals surface area contributed by atoms with Gasteiger partial charge in [0.15, 0.2) is 0 Å². The molecule has 1 aromatic carbocycles. The van der Waals surface area contributed by atoms with E-state index in [0.717, 1.165) is 37.3 Å². The van der Waals surface area contributed by atoms with Crippen LogP contribution in [0.1, 0.15) is 31.4 Å². The molecule has 1 fully saturated rings. The zero-order valence-corrected chi connectivity index (χ0v) is 11.9. The molecule has 5 heteroatoms. The normalized spacial score (nSPS) is 17.5. The molecule has 0 radical (unpaired) electrons. The molecule has 0 spiro atoms. The zero-order valence-electron chi connectivity index (χ0n) is 11.9. The molecule has 0 bridgehead atoms. The van der Waals surface area contributed by atoms with E-state index in [2.05, 4.69) is 10.6 Å². The van der Waals surface area contributed by atoms with Gasteiger partial charge in [0.05, 0.1) is 0 Å². The molecule has 1 saturated heterocycles. The first-order chi connectivity index (χ1) is 9.65. The lowest BCUT2D eigenvalue weighted by Gasteiger charge is -2.22. The number of nitrogens with two attached hydrogens (primary N) is 1. The van der Waals surface area contributed by atoms with E-state index >= 15 is 0 Å². The molecule has 1 aromatic rings. The van der Waals surface area contributed by atoms with Crippen molar-refractivity contribution in [2.24, 2.45) is 11.7 Å². The Labute approximate surface area is 119 Å². The summed E-state index contributed by atoms with van der Waals surface area (Å²) in [4.78, 5) is 11.9. The maximum Gasteiger partial charge on any atom is 0.319 e. The van der Waals surface area contributed by atoms with E-state index in [0.29, 0.717) is 12.5 Å². The Morgan fingerprint density at radius 1 is 1.45 bits per heavy atom. The van der Waals surface area contributed by atoms with Crippen molar-refractivity contribution >= 4 is 11.7 Å². The molecule has 0 aromatic heterocycles. The van der Waals surface area contributed by atoms with Gasteiger partial charge < -0.3 is 21.1 Å². The first kappa shape index (κ1) is 14.8. The summed E-state index contributed by atoms with van der Waals surface area (Å²) in [5, 5.41) is 5.75. The molecule has 1 heterocycles. The first-order valence-electron chi connectivity index (χ1n) is 7.13. The van der Waals surface area contributed by atoms with Gasteiger partial charge in [-0.15, -0.1) is 0 Å². The highest BCUT2D eigenvalue weighted by molar-refractivity contribution is 5.89. The van der Waals surface area contributed by atoms with Crippen molar-refractivity contribution in [3.8, 4) is 0 Å². The van der Waals surface area contributed by atoms with E-state index in [1.54, 1.807) is 0 Å². The molecule has 1 aliphatic rings. The van der Waals surface area contributed by atoms with Gasteiger partial charge in [-0.2, -0.15) is 0 Å². The van der Waals surface area contributed by atoms with Crippen molar-refractivity contribution in [1.82, 2.24) is 5.32 Å². The highest BCUT2D eigenvalue weighted by Crippen LogP contribution is 2.16. The highest BCUT2D eigenvalue weighted by Gasteiger charge is 2.14. The van der Waals surface area contributed by atoms with E-state index in [4.69, 9.17) is 10.5 Å². The Kier molecular flexibility index (Phi) is 5.38. The van der Waals surface area contributed by atoms with Crippen LogP contribution in [0, 0.1) is 5.92 Å². The maximum atomic E-state index is 11.9. The van der Waals surface area contributed by atoms with Crippen molar-refractivity contribution in [3.05, 3.63) is 29.8 Å². The molecule has 110 valence electrons. The summed E-state index contributed by atoms with van der Waals surface area (Å²) in [5.41, 5.74) is 7.60. The van der Waals surface area contributed by atoms with E-state index in [-0.39, 0.29) is 12.1 Å². The Hall–Kier alpha value is -1.59. The van der Waals surface area contributed by atoms with E-state index < -0.39 is 0 Å². The van der Waals surface area contributed by atoms with Crippen LogP contribution in [0.15, 0.2) is 24.3 Å². The van der Waals surface area contributed by atoms with Crippen molar-refractivity contribution in [3.63, 3.8) is 0 Å². The number of amides is 2. The Morgan fingerprint density at radius 3 is 2.90 bits per heavy atom. The molecule has 0 saturated carbocycles. The monoisotopic (exact) mass is 277 g/mol. The number of carbonyl (C=O) groups excluding carboxylic acids is 1. The van der Waals surface area contributed by atoms with Crippen LogP contribution < -0.4 is 16.4 Å². The van der Waals surface area contributed by atoms with Crippen molar-refractivity contribution < 1.29 is 9.53 Å². The maximum absolute atomic E-state index is 11.9. The summed E-state index contributed by atoms with van der Waals surface area (Å²) < 4.78 is 5.30. The first-order valence-corrected chi connectivity index (χ1v) is 7.13. The van der Waals surface area contributed by atoms with Gasteiger partial charge >= 0.3 is 6.03 Å². The second kappa shape index (κ2) is 7.26. The third-order valence-electron chi connectivity index (χ3n) is 3.56. The van der Waals surface area contributed by atoms with Gasteiger partial charge in [-0.3, -0.25) is 0 Å². The zero-order chi connectivity index (χ0) is 14.4. The largest absolute Gasteiger partial charge is 0.381 e. The number of ether oxygens (including phenoxy) is 1. The van der Waals surface area contributed by atoms with Crippen LogP contribution in [0.3, 0.4) is 0 Å². The number of rotatable bonds is 4. The van der Waals surface area contributed by atoms with Gasteiger partial charge in [-0.05, 0) is 43.4 Å². The van der Waals surface area contributed by atoms with Crippen LogP contribution in [-0.2, 0) is 4.74 Å². The Bertz CT molecular complexity index is 442. The van der Waals surface area contributed by atoms with Gasteiger partial charge in [-0.25, -0.2) is 4.79 Å². The third-order valence-corrected chi connectivity index (χ3v) is 3.56. The van der Waals surface area contributed by atoms with Crippen molar-refractivity contribution in [1.29, 1.82) is 0 Å². The number of anilines is 1. The summed E-state index contributed by atoms with van der Waals surface area (Å²) in [5.74, 6) is 0.518. The van der Waals surface area contributed by atoms with Crippen LogP contribution in [-0.4, -0.2) is 25.8 Å². The molecule has 5 nitrogen and oxygen atoms in total. The fourth-order valence-corrected chi connectivity index (χ4v) is 2.26. The minimum Gasteiger partial charge on any atom is -0.381 e. The minimum absolute atomic E-state index is 0.0398. The van der Waals surface area contributed by atoms with Gasteiger partial charge in [0.1, 0.15) is 0 Å². The van der Waals surface area contributed by atoms with Crippen molar-refractivity contribution in [2.75, 3.05) is 25.1 Å². The number of hydrogen-bond donors (Lipinski definition) is 3. The van der Waals surface area contributed by atoms with Crippen LogP contribution in [0.2, 0.25) is 0 Å². The van der Waals surface area contributed by atoms with Gasteiger partial charge in [0.2, 0.25) is 0 Å². The van der Waals surface area contributed by atoms with E-state index in [1.165, 1.54) is 0 Å². The second-order valence-corrected chi connectivity index (χ2v) is 5.30. The van der Waals surface area contributed by atoms with Gasteiger partial charge in [0.25, 0.3) is 0 Å². The smallest absolute Gasteiger partial charge is 0.319 e. The highest BCUT2D eigenvalue weighted by atomic mass is 16.5. The molecule has 4 N–H and O–H groups in total.